The van der Waals surface area contributed by atoms with Crippen molar-refractivity contribution in [3.05, 3.63) is 101 Å². The topological polar surface area (TPSA) is 104 Å². The summed E-state index contributed by atoms with van der Waals surface area (Å²) < 4.78 is 0. The lowest BCUT2D eigenvalue weighted by Gasteiger charge is -2.61. The Balaban J connectivity index is 0.000000260. The summed E-state index contributed by atoms with van der Waals surface area (Å²) in [5.74, 6) is 1.23. The van der Waals surface area contributed by atoms with Gasteiger partial charge in [0, 0.05) is 50.5 Å². The Morgan fingerprint density at radius 2 is 1.83 bits per heavy atom. The molecule has 42 heavy (non-hydrogen) atoms. The summed E-state index contributed by atoms with van der Waals surface area (Å²) in [4.78, 5) is 27.7. The van der Waals surface area contributed by atoms with Crippen molar-refractivity contribution < 1.29 is 0 Å². The zero-order chi connectivity index (χ0) is 30.4. The number of likely N-dealkylation sites (tertiary alicyclic amines) is 1. The fourth-order valence-electron chi connectivity index (χ4n) is 5.57. The molecule has 8 heteroatoms. The number of H-pyrrole nitrogens is 2. The van der Waals surface area contributed by atoms with Crippen molar-refractivity contribution in [2.75, 3.05) is 43.4 Å². The first-order valence-corrected chi connectivity index (χ1v) is 14.4. The van der Waals surface area contributed by atoms with E-state index in [0.29, 0.717) is 22.6 Å². The minimum Gasteiger partial charge on any atom is -0.387 e. The van der Waals surface area contributed by atoms with E-state index in [2.05, 4.69) is 95.4 Å². The molecule has 4 aromatic rings. The van der Waals surface area contributed by atoms with Crippen molar-refractivity contribution in [2.24, 2.45) is 5.41 Å². The fraction of sp³-hybridized carbons (Fsp3) is 0.324. The third-order valence-electron chi connectivity index (χ3n) is 7.83. The predicted molar refractivity (Wildman–Crippen MR) is 177 cm³/mol. The fourth-order valence-corrected chi connectivity index (χ4v) is 5.57. The van der Waals surface area contributed by atoms with Gasteiger partial charge in [-0.05, 0) is 56.5 Å². The summed E-state index contributed by atoms with van der Waals surface area (Å²) in [6, 6.07) is 14.7. The van der Waals surface area contributed by atoms with Gasteiger partial charge in [-0.2, -0.15) is 0 Å². The minimum atomic E-state index is -0.172. The van der Waals surface area contributed by atoms with Crippen LogP contribution in [0, 0.1) is 24.7 Å². The molecule has 2 aromatic carbocycles. The van der Waals surface area contributed by atoms with Crippen molar-refractivity contribution in [3.63, 3.8) is 0 Å². The number of pyridine rings is 1. The Bertz CT molecular complexity index is 1630. The van der Waals surface area contributed by atoms with Crippen molar-refractivity contribution in [1.29, 1.82) is 5.41 Å². The molecule has 2 saturated heterocycles. The van der Waals surface area contributed by atoms with Gasteiger partial charge in [-0.15, -0.1) is 0 Å². The van der Waals surface area contributed by atoms with Crippen LogP contribution >= 0.6 is 0 Å². The van der Waals surface area contributed by atoms with Gasteiger partial charge in [0.1, 0.15) is 11.4 Å². The number of allylic oxidation sites excluding steroid dienone is 2. The molecule has 0 bridgehead atoms. The van der Waals surface area contributed by atoms with Crippen molar-refractivity contribution in [1.82, 2.24) is 19.9 Å². The molecule has 0 radical (unpaired) electrons. The first-order chi connectivity index (χ1) is 20.1. The van der Waals surface area contributed by atoms with Gasteiger partial charge in [-0.25, -0.2) is 4.98 Å². The number of imidazole rings is 1. The van der Waals surface area contributed by atoms with Crippen LogP contribution in [0.2, 0.25) is 0 Å². The Morgan fingerprint density at radius 1 is 1.12 bits per heavy atom. The molecule has 8 nitrogen and oxygen atoms in total. The van der Waals surface area contributed by atoms with E-state index in [4.69, 9.17) is 10.4 Å². The Labute approximate surface area is 248 Å². The first-order valence-electron chi connectivity index (χ1n) is 14.4. The normalized spacial score (nSPS) is 14.5. The number of fused-ring (bicyclic) bond motifs is 1. The third-order valence-corrected chi connectivity index (χ3v) is 7.83. The second-order valence-corrected chi connectivity index (χ2v) is 11.2. The monoisotopic (exact) mass is 565 g/mol. The number of aromatic amines is 2. The van der Waals surface area contributed by atoms with E-state index < -0.39 is 0 Å². The number of hydrogen-bond acceptors (Lipinski definition) is 5. The van der Waals surface area contributed by atoms with Crippen molar-refractivity contribution >= 4 is 28.2 Å². The highest BCUT2D eigenvalue weighted by atomic mass is 16.1. The first kappa shape index (κ1) is 30.4. The molecule has 0 atom stereocenters. The molecule has 4 heterocycles. The summed E-state index contributed by atoms with van der Waals surface area (Å²) >= 11 is 0. The van der Waals surface area contributed by atoms with E-state index in [0.717, 1.165) is 54.9 Å². The number of benzene rings is 2. The number of anilines is 2. The van der Waals surface area contributed by atoms with Crippen LogP contribution in [0.25, 0.3) is 22.4 Å². The Morgan fingerprint density at radius 3 is 2.40 bits per heavy atom. The van der Waals surface area contributed by atoms with Gasteiger partial charge in [-0.3, -0.25) is 10.2 Å². The Kier molecular flexibility index (Phi) is 9.35. The van der Waals surface area contributed by atoms with E-state index in [-0.39, 0.29) is 5.56 Å². The summed E-state index contributed by atoms with van der Waals surface area (Å²) in [5.41, 5.74) is 8.30. The average Bonchev–Trinajstić information content (AvgIpc) is 3.36. The van der Waals surface area contributed by atoms with Crippen LogP contribution in [0.15, 0.2) is 78.8 Å². The van der Waals surface area contributed by atoms with Gasteiger partial charge in [0.25, 0.3) is 5.56 Å². The quantitative estimate of drug-likeness (QED) is 0.129. The molecule has 220 valence electrons. The van der Waals surface area contributed by atoms with Gasteiger partial charge in [0.2, 0.25) is 0 Å². The van der Waals surface area contributed by atoms with E-state index in [1.54, 1.807) is 25.4 Å². The van der Waals surface area contributed by atoms with Crippen LogP contribution in [-0.4, -0.2) is 58.9 Å². The molecule has 0 unspecified atom stereocenters. The van der Waals surface area contributed by atoms with Crippen LogP contribution in [0.3, 0.4) is 0 Å². The number of nitrogens with zero attached hydrogens (tertiary/aromatic N) is 3. The second kappa shape index (κ2) is 12.9. The summed E-state index contributed by atoms with van der Waals surface area (Å²) in [6.45, 7) is 18.9. The third kappa shape index (κ3) is 6.48. The molecular formula is C34H43N7O. The maximum atomic E-state index is 12.4. The van der Waals surface area contributed by atoms with E-state index >= 15 is 0 Å². The molecule has 0 aliphatic carbocycles. The summed E-state index contributed by atoms with van der Waals surface area (Å²) in [7, 11) is 1.80. The molecule has 0 amide bonds. The molecule has 2 aliphatic heterocycles. The number of amidine groups is 1. The number of rotatable bonds is 5. The highest BCUT2D eigenvalue weighted by Gasteiger charge is 2.52. The standard InChI is InChI=1S/C21H25N7O.C9H12.C4H6/c1-12-6-14(28-10-21(11-28)8-27(9-21)13(2)22)7-16-18(12)26-19(25-16)17-15(23-3)4-5-24-20(17)29;1-3-9-6-4-5-8(2)7-9;1-3-4-2/h4-7,22H,8-11H2,1-3H3,(H,25,26)(H2,23,24,29);4-7H,3H2,1-2H3;3-4H,1-2H2. The molecule has 2 fully saturated rings. The largest absolute Gasteiger partial charge is 0.387 e. The molecular weight excluding hydrogens is 522 g/mol. The molecule has 4 N–H and O–H groups in total. The number of nitrogens with one attached hydrogen (secondary N) is 4. The smallest absolute Gasteiger partial charge is 0.261 e. The van der Waals surface area contributed by atoms with Crippen molar-refractivity contribution in [3.8, 4) is 11.4 Å². The number of hydrogen-bond donors (Lipinski definition) is 4. The van der Waals surface area contributed by atoms with Crippen LogP contribution in [0.1, 0.15) is 30.5 Å². The minimum absolute atomic E-state index is 0.172. The van der Waals surface area contributed by atoms with Crippen LogP contribution in [0.4, 0.5) is 11.4 Å². The number of aromatic nitrogens is 3. The molecule has 6 rings (SSSR count). The number of aryl methyl sites for hydroxylation is 3. The second-order valence-electron chi connectivity index (χ2n) is 11.2. The van der Waals surface area contributed by atoms with Gasteiger partial charge >= 0.3 is 0 Å². The zero-order valence-corrected chi connectivity index (χ0v) is 25.5. The Hall–Kier alpha value is -4.59. The highest BCUT2D eigenvalue weighted by molar-refractivity contribution is 5.88. The summed E-state index contributed by atoms with van der Waals surface area (Å²) in [5, 5.41) is 10.8. The SMILES string of the molecule is C=CC=C.CCc1cccc(C)c1.CNc1cc[nH]c(=O)c1-c1nc2c(C)cc(N3CC4(CN(C(C)=N)C4)C3)cc2[nH]1. The van der Waals surface area contributed by atoms with Crippen LogP contribution in [-0.2, 0) is 6.42 Å². The van der Waals surface area contributed by atoms with Crippen LogP contribution < -0.4 is 15.8 Å². The lowest BCUT2D eigenvalue weighted by atomic mass is 9.72. The van der Waals surface area contributed by atoms with Gasteiger partial charge < -0.3 is 25.1 Å². The van der Waals surface area contributed by atoms with E-state index in [9.17, 15) is 4.79 Å². The summed E-state index contributed by atoms with van der Waals surface area (Å²) in [6.07, 6.45) is 6.05. The molecule has 2 aliphatic rings. The van der Waals surface area contributed by atoms with E-state index in [1.165, 1.54) is 16.8 Å². The van der Waals surface area contributed by atoms with Gasteiger partial charge in [0.15, 0.2) is 0 Å². The lowest BCUT2D eigenvalue weighted by Crippen LogP contribution is -2.72. The van der Waals surface area contributed by atoms with E-state index in [1.807, 2.05) is 13.0 Å². The predicted octanol–water partition coefficient (Wildman–Crippen LogP) is 6.30. The lowest BCUT2D eigenvalue weighted by molar-refractivity contribution is 0.0283. The van der Waals surface area contributed by atoms with Gasteiger partial charge in [-0.1, -0.05) is 62.1 Å². The maximum absolute atomic E-state index is 12.4. The highest BCUT2D eigenvalue weighted by Crippen LogP contribution is 2.42. The molecule has 1 spiro atoms. The van der Waals surface area contributed by atoms with Crippen molar-refractivity contribution in [2.45, 2.75) is 34.1 Å². The zero-order valence-electron chi connectivity index (χ0n) is 25.5. The van der Waals surface area contributed by atoms with Gasteiger partial charge in [0.05, 0.1) is 22.6 Å². The molecule has 0 saturated carbocycles. The maximum Gasteiger partial charge on any atom is 0.261 e. The van der Waals surface area contributed by atoms with Crippen LogP contribution in [0.5, 0.6) is 0 Å². The molecule has 2 aromatic heterocycles. The average molecular weight is 566 g/mol.